The van der Waals surface area contributed by atoms with Crippen molar-refractivity contribution in [1.29, 1.82) is 0 Å². The van der Waals surface area contributed by atoms with Crippen LogP contribution >= 0.6 is 0 Å². The Kier molecular flexibility index (Phi) is 4.69. The molecule has 82 valence electrons. The van der Waals surface area contributed by atoms with Crippen LogP contribution in [0.1, 0.15) is 25.7 Å². The summed E-state index contributed by atoms with van der Waals surface area (Å²) < 4.78 is 0. The van der Waals surface area contributed by atoms with Gasteiger partial charge in [-0.05, 0) is 12.8 Å². The van der Waals surface area contributed by atoms with Crippen LogP contribution in [0, 0.1) is 0 Å². The normalized spacial score (nSPS) is 19.4. The van der Waals surface area contributed by atoms with E-state index in [1.54, 1.807) is 0 Å². The van der Waals surface area contributed by atoms with E-state index >= 15 is 0 Å². The molecule has 0 aliphatic heterocycles. The zero-order chi connectivity index (χ0) is 10.4. The molecule has 1 rings (SSSR count). The van der Waals surface area contributed by atoms with E-state index in [0.29, 0.717) is 19.1 Å². The van der Waals surface area contributed by atoms with Crippen LogP contribution < -0.4 is 5.73 Å². The van der Waals surface area contributed by atoms with Gasteiger partial charge in [0.2, 0.25) is 0 Å². The van der Waals surface area contributed by atoms with E-state index in [1.807, 2.05) is 0 Å². The van der Waals surface area contributed by atoms with Crippen LogP contribution in [0.3, 0.4) is 0 Å². The molecule has 0 aromatic rings. The van der Waals surface area contributed by atoms with E-state index in [-0.39, 0.29) is 12.4 Å². The smallest absolute Gasteiger partial charge is 0.153 e. The molecule has 1 fully saturated rings. The number of hydrogen-bond acceptors (Lipinski definition) is 4. The summed E-state index contributed by atoms with van der Waals surface area (Å²) >= 11 is 0. The number of amidine groups is 1. The van der Waals surface area contributed by atoms with Crippen molar-refractivity contribution < 1.29 is 10.3 Å². The summed E-state index contributed by atoms with van der Waals surface area (Å²) in [7, 11) is 0. The predicted molar refractivity (Wildman–Crippen MR) is 54.3 cm³/mol. The molecule has 5 nitrogen and oxygen atoms in total. The molecule has 1 aliphatic carbocycles. The van der Waals surface area contributed by atoms with E-state index in [4.69, 9.17) is 16.0 Å². The fourth-order valence-corrected chi connectivity index (χ4v) is 2.03. The first-order chi connectivity index (χ1) is 6.77. The van der Waals surface area contributed by atoms with Crippen molar-refractivity contribution in [3.63, 3.8) is 0 Å². The van der Waals surface area contributed by atoms with Crippen LogP contribution in [0.25, 0.3) is 0 Å². The number of oxime groups is 1. The van der Waals surface area contributed by atoms with Crippen LogP contribution in [0.5, 0.6) is 0 Å². The maximum atomic E-state index is 8.90. The Hall–Kier alpha value is -0.810. The van der Waals surface area contributed by atoms with Crippen LogP contribution in [0.2, 0.25) is 0 Å². The maximum Gasteiger partial charge on any atom is 0.153 e. The minimum Gasteiger partial charge on any atom is -0.409 e. The molecule has 0 radical (unpaired) electrons. The lowest BCUT2D eigenvalue weighted by atomic mass is 10.2. The van der Waals surface area contributed by atoms with Crippen LogP contribution in [0.15, 0.2) is 5.16 Å². The predicted octanol–water partition coefficient (Wildman–Crippen LogP) is -0.0303. The summed E-state index contributed by atoms with van der Waals surface area (Å²) in [5, 5.41) is 20.3. The third-order valence-electron chi connectivity index (χ3n) is 2.72. The molecule has 0 aromatic heterocycles. The number of aliphatic hydroxyl groups excluding tert-OH is 1. The topological polar surface area (TPSA) is 82.1 Å². The Morgan fingerprint density at radius 2 is 2.07 bits per heavy atom. The molecule has 1 saturated carbocycles. The second-order valence-electron chi connectivity index (χ2n) is 3.72. The van der Waals surface area contributed by atoms with Crippen LogP contribution in [-0.2, 0) is 0 Å². The molecule has 0 atom stereocenters. The second kappa shape index (κ2) is 5.82. The minimum atomic E-state index is 0.120. The highest BCUT2D eigenvalue weighted by Crippen LogP contribution is 2.22. The molecule has 0 saturated heterocycles. The highest BCUT2D eigenvalue weighted by molar-refractivity contribution is 5.81. The molecule has 1 aliphatic rings. The number of rotatable bonds is 5. The molecule has 5 heteroatoms. The Labute approximate surface area is 84.2 Å². The first-order valence-corrected chi connectivity index (χ1v) is 5.09. The average Bonchev–Trinajstić information content (AvgIpc) is 2.69. The van der Waals surface area contributed by atoms with E-state index in [1.165, 1.54) is 12.8 Å². The van der Waals surface area contributed by atoms with Crippen molar-refractivity contribution in [3.8, 4) is 0 Å². The average molecular weight is 201 g/mol. The van der Waals surface area contributed by atoms with Crippen molar-refractivity contribution in [2.45, 2.75) is 31.7 Å². The number of aliphatic hydroxyl groups is 1. The first-order valence-electron chi connectivity index (χ1n) is 5.09. The largest absolute Gasteiger partial charge is 0.409 e. The molecule has 14 heavy (non-hydrogen) atoms. The summed E-state index contributed by atoms with van der Waals surface area (Å²) in [5.74, 6) is 0.213. The highest BCUT2D eigenvalue weighted by Gasteiger charge is 2.22. The minimum absolute atomic E-state index is 0.120. The number of nitrogens with two attached hydrogens (primary N) is 1. The molecule has 0 bridgehead atoms. The lowest BCUT2D eigenvalue weighted by molar-refractivity contribution is 0.168. The van der Waals surface area contributed by atoms with Crippen molar-refractivity contribution >= 4 is 5.84 Å². The lowest BCUT2D eigenvalue weighted by Crippen LogP contribution is -2.41. The molecule has 0 unspecified atom stereocenters. The molecular formula is C9H19N3O2. The van der Waals surface area contributed by atoms with Gasteiger partial charge in [-0.2, -0.15) is 0 Å². The lowest BCUT2D eigenvalue weighted by Gasteiger charge is -2.27. The van der Waals surface area contributed by atoms with E-state index in [0.717, 1.165) is 12.8 Å². The van der Waals surface area contributed by atoms with Gasteiger partial charge in [-0.1, -0.05) is 18.0 Å². The SMILES string of the molecule is NC(CN(CCO)C1CCCC1)=NO. The molecule has 0 spiro atoms. The standard InChI is InChI=1S/C9H19N3O2/c10-9(11-14)7-12(5-6-13)8-3-1-2-4-8/h8,13-14H,1-7H2,(H2,10,11). The fourth-order valence-electron chi connectivity index (χ4n) is 2.03. The van der Waals surface area contributed by atoms with Crippen LogP contribution in [0.4, 0.5) is 0 Å². The van der Waals surface area contributed by atoms with Gasteiger partial charge in [0.05, 0.1) is 13.2 Å². The van der Waals surface area contributed by atoms with Gasteiger partial charge in [-0.15, -0.1) is 0 Å². The molecule has 0 amide bonds. The van der Waals surface area contributed by atoms with Crippen molar-refractivity contribution in [1.82, 2.24) is 4.90 Å². The van der Waals surface area contributed by atoms with Gasteiger partial charge < -0.3 is 16.0 Å². The zero-order valence-corrected chi connectivity index (χ0v) is 8.39. The number of nitrogens with zero attached hydrogens (tertiary/aromatic N) is 2. The molecule has 4 N–H and O–H groups in total. The monoisotopic (exact) mass is 201 g/mol. The Morgan fingerprint density at radius 3 is 2.57 bits per heavy atom. The third-order valence-corrected chi connectivity index (χ3v) is 2.72. The van der Waals surface area contributed by atoms with Crippen molar-refractivity contribution in [2.24, 2.45) is 10.9 Å². The van der Waals surface area contributed by atoms with Crippen LogP contribution in [-0.4, -0.2) is 46.8 Å². The molecule has 0 heterocycles. The Bertz CT molecular complexity index is 190. The number of hydrogen-bond donors (Lipinski definition) is 3. The van der Waals surface area contributed by atoms with Crippen molar-refractivity contribution in [3.05, 3.63) is 0 Å². The molecule has 0 aromatic carbocycles. The van der Waals surface area contributed by atoms with Gasteiger partial charge in [-0.25, -0.2) is 0 Å². The summed E-state index contributed by atoms with van der Waals surface area (Å²) in [6.07, 6.45) is 4.78. The summed E-state index contributed by atoms with van der Waals surface area (Å²) in [4.78, 5) is 2.09. The quantitative estimate of drug-likeness (QED) is 0.252. The van der Waals surface area contributed by atoms with Gasteiger partial charge in [-0.3, -0.25) is 4.90 Å². The van der Waals surface area contributed by atoms with E-state index in [2.05, 4.69) is 10.1 Å². The van der Waals surface area contributed by atoms with Crippen molar-refractivity contribution in [2.75, 3.05) is 19.7 Å². The maximum absolute atomic E-state index is 8.90. The fraction of sp³-hybridized carbons (Fsp3) is 0.889. The van der Waals surface area contributed by atoms with E-state index in [9.17, 15) is 0 Å². The van der Waals surface area contributed by atoms with Gasteiger partial charge in [0.15, 0.2) is 5.84 Å². The molecular weight excluding hydrogens is 182 g/mol. The summed E-state index contributed by atoms with van der Waals surface area (Å²) in [5.41, 5.74) is 5.45. The summed E-state index contributed by atoms with van der Waals surface area (Å²) in [6.45, 7) is 1.16. The van der Waals surface area contributed by atoms with Gasteiger partial charge >= 0.3 is 0 Å². The van der Waals surface area contributed by atoms with Gasteiger partial charge in [0.1, 0.15) is 0 Å². The zero-order valence-electron chi connectivity index (χ0n) is 8.39. The van der Waals surface area contributed by atoms with E-state index < -0.39 is 0 Å². The Morgan fingerprint density at radius 1 is 1.43 bits per heavy atom. The van der Waals surface area contributed by atoms with Gasteiger partial charge in [0, 0.05) is 12.6 Å². The van der Waals surface area contributed by atoms with Gasteiger partial charge in [0.25, 0.3) is 0 Å². The second-order valence-corrected chi connectivity index (χ2v) is 3.72. The third kappa shape index (κ3) is 3.16. The highest BCUT2D eigenvalue weighted by atomic mass is 16.4. The first kappa shape index (κ1) is 11.3. The summed E-state index contributed by atoms with van der Waals surface area (Å²) in [6, 6.07) is 0.488. The Balaban J connectivity index is 2.44.